The summed E-state index contributed by atoms with van der Waals surface area (Å²) < 4.78 is 25.7. The molecule has 158 valence electrons. The van der Waals surface area contributed by atoms with Gasteiger partial charge < -0.3 is 14.4 Å². The monoisotopic (exact) mass is 420 g/mol. The van der Waals surface area contributed by atoms with Crippen molar-refractivity contribution in [2.75, 3.05) is 57.5 Å². The minimum atomic E-state index is -0.234. The van der Waals surface area contributed by atoms with Crippen LogP contribution in [0, 0.1) is 23.6 Å². The van der Waals surface area contributed by atoms with E-state index in [9.17, 15) is 9.18 Å². The highest BCUT2D eigenvalue weighted by Crippen LogP contribution is 2.48. The van der Waals surface area contributed by atoms with Crippen molar-refractivity contribution in [3.63, 3.8) is 0 Å². The number of nitrogens with zero attached hydrogens (tertiary/aromatic N) is 2. The Kier molecular flexibility index (Phi) is 5.71. The maximum atomic E-state index is 14.1. The highest BCUT2D eigenvalue weighted by atomic mass is 32.2. The van der Waals surface area contributed by atoms with E-state index in [-0.39, 0.29) is 29.6 Å². The first-order valence-corrected chi connectivity index (χ1v) is 12.0. The molecule has 7 heteroatoms. The predicted octanol–water partition coefficient (Wildman–Crippen LogP) is 2.81. The fourth-order valence-electron chi connectivity index (χ4n) is 5.42. The molecule has 0 aromatic heterocycles. The molecule has 0 saturated carbocycles. The molecule has 0 bridgehead atoms. The van der Waals surface area contributed by atoms with Gasteiger partial charge in [-0.15, -0.1) is 0 Å². The summed E-state index contributed by atoms with van der Waals surface area (Å²) in [5.74, 6) is 3.42. The fourth-order valence-corrected chi connectivity index (χ4v) is 6.33. The van der Waals surface area contributed by atoms with Crippen molar-refractivity contribution < 1.29 is 18.7 Å². The molecule has 3 atom stereocenters. The number of hydrogen-bond donors (Lipinski definition) is 0. The van der Waals surface area contributed by atoms with Crippen molar-refractivity contribution in [1.82, 2.24) is 9.80 Å². The number of thioether (sulfide) groups is 1. The Labute approximate surface area is 175 Å². The first kappa shape index (κ1) is 19.6. The third-order valence-electron chi connectivity index (χ3n) is 6.94. The molecule has 5 rings (SSSR count). The smallest absolute Gasteiger partial charge is 0.227 e. The number of likely N-dealkylation sites (tertiary alicyclic amines) is 1. The average Bonchev–Trinajstić information content (AvgIpc) is 3.13. The van der Waals surface area contributed by atoms with Crippen LogP contribution in [0.4, 0.5) is 4.39 Å². The zero-order valence-corrected chi connectivity index (χ0v) is 17.5. The Bertz CT molecular complexity index is 752. The van der Waals surface area contributed by atoms with Crippen molar-refractivity contribution >= 4 is 17.7 Å². The van der Waals surface area contributed by atoms with Gasteiger partial charge >= 0.3 is 0 Å². The summed E-state index contributed by atoms with van der Waals surface area (Å²) in [6.45, 7) is 5.53. The van der Waals surface area contributed by atoms with Crippen LogP contribution in [0.5, 0.6) is 5.75 Å². The first-order valence-electron chi connectivity index (χ1n) is 10.8. The van der Waals surface area contributed by atoms with Crippen molar-refractivity contribution in [2.24, 2.45) is 17.8 Å². The van der Waals surface area contributed by atoms with E-state index in [4.69, 9.17) is 9.47 Å². The third-order valence-corrected chi connectivity index (χ3v) is 7.88. The molecule has 3 saturated heterocycles. The van der Waals surface area contributed by atoms with E-state index in [1.807, 2.05) is 16.7 Å². The van der Waals surface area contributed by atoms with Crippen LogP contribution in [0.2, 0.25) is 0 Å². The molecule has 1 aromatic carbocycles. The lowest BCUT2D eigenvalue weighted by Crippen LogP contribution is -2.44. The third kappa shape index (κ3) is 3.89. The fraction of sp³-hybridized carbons (Fsp3) is 0.682. The minimum absolute atomic E-state index is 0.0606. The second-order valence-electron chi connectivity index (χ2n) is 8.66. The van der Waals surface area contributed by atoms with Gasteiger partial charge in [0, 0.05) is 68.4 Å². The Hall–Kier alpha value is -1.31. The van der Waals surface area contributed by atoms with E-state index in [1.54, 1.807) is 12.1 Å². The van der Waals surface area contributed by atoms with E-state index >= 15 is 0 Å². The van der Waals surface area contributed by atoms with Crippen LogP contribution in [-0.4, -0.2) is 73.2 Å². The van der Waals surface area contributed by atoms with Crippen LogP contribution in [0.15, 0.2) is 18.2 Å². The van der Waals surface area contributed by atoms with E-state index in [0.717, 1.165) is 75.1 Å². The van der Waals surface area contributed by atoms with Gasteiger partial charge in [-0.2, -0.15) is 11.8 Å². The largest absolute Gasteiger partial charge is 0.493 e. The number of carbonyl (C=O) groups excluding carboxylic acids is 1. The normalized spacial score (nSPS) is 30.5. The average molecular weight is 421 g/mol. The lowest BCUT2D eigenvalue weighted by molar-refractivity contribution is -0.136. The predicted molar refractivity (Wildman–Crippen MR) is 111 cm³/mol. The first-order chi connectivity index (χ1) is 14.2. The number of ether oxygens (including phenoxy) is 2. The van der Waals surface area contributed by atoms with Gasteiger partial charge in [0.05, 0.1) is 12.5 Å². The summed E-state index contributed by atoms with van der Waals surface area (Å²) in [6.07, 6.45) is 2.12. The molecule has 5 nitrogen and oxygen atoms in total. The van der Waals surface area contributed by atoms with Gasteiger partial charge in [0.25, 0.3) is 0 Å². The zero-order valence-electron chi connectivity index (χ0n) is 16.7. The molecule has 0 radical (unpaired) electrons. The van der Waals surface area contributed by atoms with E-state index < -0.39 is 0 Å². The Morgan fingerprint density at radius 2 is 2.00 bits per heavy atom. The second kappa shape index (κ2) is 8.44. The maximum Gasteiger partial charge on any atom is 0.227 e. The number of carbonyl (C=O) groups is 1. The number of halogens is 1. The van der Waals surface area contributed by atoms with Crippen molar-refractivity contribution in [2.45, 2.75) is 18.9 Å². The Morgan fingerprint density at radius 3 is 2.79 bits per heavy atom. The highest BCUT2D eigenvalue weighted by Gasteiger charge is 2.50. The van der Waals surface area contributed by atoms with Crippen molar-refractivity contribution in [3.05, 3.63) is 29.6 Å². The highest BCUT2D eigenvalue weighted by molar-refractivity contribution is 7.99. The van der Waals surface area contributed by atoms with Crippen molar-refractivity contribution in [3.8, 4) is 5.75 Å². The molecule has 4 heterocycles. The SMILES string of the molecule is O=C([C@@H]1CN(CC2CCOCC2)[C@H]2c3cc(F)ccc3OC[C@@H]12)N1CCSCC1. The summed E-state index contributed by atoms with van der Waals surface area (Å²) in [5, 5.41) is 0. The number of amides is 1. The van der Waals surface area contributed by atoms with Crippen LogP contribution in [0.1, 0.15) is 24.4 Å². The van der Waals surface area contributed by atoms with Crippen LogP contribution >= 0.6 is 11.8 Å². The molecule has 0 unspecified atom stereocenters. The number of fused-ring (bicyclic) bond motifs is 3. The lowest BCUT2D eigenvalue weighted by atomic mass is 9.84. The van der Waals surface area contributed by atoms with E-state index in [0.29, 0.717) is 12.5 Å². The van der Waals surface area contributed by atoms with Gasteiger partial charge in [0.2, 0.25) is 5.91 Å². The molecule has 4 aliphatic heterocycles. The summed E-state index contributed by atoms with van der Waals surface area (Å²) in [6, 6.07) is 4.88. The minimum Gasteiger partial charge on any atom is -0.493 e. The summed E-state index contributed by atoms with van der Waals surface area (Å²) in [5.41, 5.74) is 0.915. The molecule has 3 fully saturated rings. The van der Waals surface area contributed by atoms with Crippen LogP contribution < -0.4 is 4.74 Å². The molecule has 0 aliphatic carbocycles. The summed E-state index contributed by atoms with van der Waals surface area (Å²) in [4.78, 5) is 17.9. The molecule has 1 aromatic rings. The van der Waals surface area contributed by atoms with Gasteiger partial charge in [0.15, 0.2) is 0 Å². The van der Waals surface area contributed by atoms with E-state index in [1.165, 1.54) is 6.07 Å². The number of rotatable bonds is 3. The van der Waals surface area contributed by atoms with Crippen molar-refractivity contribution in [1.29, 1.82) is 0 Å². The molecule has 29 heavy (non-hydrogen) atoms. The zero-order chi connectivity index (χ0) is 19.8. The number of hydrogen-bond acceptors (Lipinski definition) is 5. The second-order valence-corrected chi connectivity index (χ2v) is 9.88. The summed E-state index contributed by atoms with van der Waals surface area (Å²) >= 11 is 1.92. The summed E-state index contributed by atoms with van der Waals surface area (Å²) in [7, 11) is 0. The van der Waals surface area contributed by atoms with Gasteiger partial charge in [-0.25, -0.2) is 4.39 Å². The Balaban J connectivity index is 1.42. The van der Waals surface area contributed by atoms with Gasteiger partial charge in [0.1, 0.15) is 11.6 Å². The standard InChI is InChI=1S/C22H29FN2O3S/c23-16-1-2-20-17(11-16)21-19(14-28-20)18(22(26)24-5-9-29-10-6-24)13-25(21)12-15-3-7-27-8-4-15/h1-2,11,15,18-19,21H,3-10,12-14H2/t18-,19+,21+/m1/s1. The quantitative estimate of drug-likeness (QED) is 0.752. The topological polar surface area (TPSA) is 42.0 Å². The van der Waals surface area contributed by atoms with E-state index in [2.05, 4.69) is 4.90 Å². The van der Waals surface area contributed by atoms with Crippen LogP contribution in [0.3, 0.4) is 0 Å². The van der Waals surface area contributed by atoms with Gasteiger partial charge in [-0.05, 0) is 37.0 Å². The molecule has 1 amide bonds. The Morgan fingerprint density at radius 1 is 1.21 bits per heavy atom. The molecular weight excluding hydrogens is 391 g/mol. The van der Waals surface area contributed by atoms with Gasteiger partial charge in [-0.3, -0.25) is 9.69 Å². The molecule has 0 N–H and O–H groups in total. The lowest BCUT2D eigenvalue weighted by Gasteiger charge is -2.37. The molecule has 4 aliphatic rings. The van der Waals surface area contributed by atoms with Gasteiger partial charge in [-0.1, -0.05) is 0 Å². The van der Waals surface area contributed by atoms with Crippen LogP contribution in [-0.2, 0) is 9.53 Å². The molecule has 0 spiro atoms. The maximum absolute atomic E-state index is 14.1. The van der Waals surface area contributed by atoms with Crippen LogP contribution in [0.25, 0.3) is 0 Å². The number of benzene rings is 1. The molecular formula is C22H29FN2O3S.